The standard InChI is InChI=1S/C21H29N5O2/c1-21(2,3)20(28)26-8-4-5-17(15-26)19(27)25-11-9-24(10-12-25)18-13-16(14-22)6-7-23-18/h6-7,13,17H,4-5,8-12,15H2,1-3H3. The lowest BCUT2D eigenvalue weighted by atomic mass is 9.90. The van der Waals surface area contributed by atoms with Gasteiger partial charge in [0.1, 0.15) is 5.82 Å². The molecule has 0 aromatic carbocycles. The van der Waals surface area contributed by atoms with Crippen molar-refractivity contribution in [3.8, 4) is 6.07 Å². The topological polar surface area (TPSA) is 80.5 Å². The van der Waals surface area contributed by atoms with Crippen molar-refractivity contribution in [1.82, 2.24) is 14.8 Å². The van der Waals surface area contributed by atoms with E-state index in [0.29, 0.717) is 38.3 Å². The van der Waals surface area contributed by atoms with Gasteiger partial charge in [-0.05, 0) is 25.0 Å². The first-order valence-corrected chi connectivity index (χ1v) is 9.99. The minimum Gasteiger partial charge on any atom is -0.353 e. The fourth-order valence-corrected chi connectivity index (χ4v) is 3.91. The number of likely N-dealkylation sites (tertiary alicyclic amines) is 1. The monoisotopic (exact) mass is 383 g/mol. The lowest BCUT2D eigenvalue weighted by molar-refractivity contribution is -0.145. The van der Waals surface area contributed by atoms with E-state index in [-0.39, 0.29) is 17.7 Å². The van der Waals surface area contributed by atoms with Gasteiger partial charge >= 0.3 is 0 Å². The van der Waals surface area contributed by atoms with Gasteiger partial charge < -0.3 is 14.7 Å². The molecule has 0 aliphatic carbocycles. The van der Waals surface area contributed by atoms with Crippen LogP contribution in [0.5, 0.6) is 0 Å². The Bertz CT molecular complexity index is 772. The van der Waals surface area contributed by atoms with Gasteiger partial charge in [0, 0.05) is 50.9 Å². The summed E-state index contributed by atoms with van der Waals surface area (Å²) in [5.74, 6) is 0.959. The van der Waals surface area contributed by atoms with E-state index in [9.17, 15) is 9.59 Å². The maximum Gasteiger partial charge on any atom is 0.227 e. The van der Waals surface area contributed by atoms with E-state index >= 15 is 0 Å². The number of hydrogen-bond acceptors (Lipinski definition) is 5. The minimum absolute atomic E-state index is 0.105. The summed E-state index contributed by atoms with van der Waals surface area (Å²) in [6, 6.07) is 5.61. The number of aromatic nitrogens is 1. The number of pyridine rings is 1. The smallest absolute Gasteiger partial charge is 0.227 e. The highest BCUT2D eigenvalue weighted by molar-refractivity contribution is 5.84. The third kappa shape index (κ3) is 4.44. The molecule has 0 saturated carbocycles. The summed E-state index contributed by atoms with van der Waals surface area (Å²) in [5.41, 5.74) is 0.177. The second kappa shape index (κ2) is 8.17. The number of piperazine rings is 1. The molecule has 2 aliphatic heterocycles. The molecule has 2 amide bonds. The molecule has 3 heterocycles. The predicted molar refractivity (Wildman–Crippen MR) is 107 cm³/mol. The van der Waals surface area contributed by atoms with Gasteiger partial charge in [-0.15, -0.1) is 0 Å². The summed E-state index contributed by atoms with van der Waals surface area (Å²) in [5, 5.41) is 9.05. The number of carbonyl (C=O) groups is 2. The summed E-state index contributed by atoms with van der Waals surface area (Å²) in [6.45, 7) is 9.73. The Labute approximate surface area is 166 Å². The maximum atomic E-state index is 13.0. The van der Waals surface area contributed by atoms with Gasteiger partial charge in [-0.25, -0.2) is 4.98 Å². The van der Waals surface area contributed by atoms with Crippen LogP contribution in [0.1, 0.15) is 39.2 Å². The molecule has 2 aliphatic rings. The molecule has 7 nitrogen and oxygen atoms in total. The van der Waals surface area contributed by atoms with E-state index in [1.54, 1.807) is 18.3 Å². The summed E-state index contributed by atoms with van der Waals surface area (Å²) in [4.78, 5) is 35.8. The van der Waals surface area contributed by atoms with Crippen LogP contribution < -0.4 is 4.90 Å². The molecule has 0 N–H and O–H groups in total. The van der Waals surface area contributed by atoms with Crippen molar-refractivity contribution in [2.75, 3.05) is 44.2 Å². The Hall–Kier alpha value is -2.62. The van der Waals surface area contributed by atoms with E-state index in [1.165, 1.54) is 0 Å². The molecule has 1 aromatic rings. The average Bonchev–Trinajstić information content (AvgIpc) is 2.72. The van der Waals surface area contributed by atoms with Crippen LogP contribution in [0.4, 0.5) is 5.82 Å². The van der Waals surface area contributed by atoms with Crippen molar-refractivity contribution >= 4 is 17.6 Å². The Balaban J connectivity index is 1.57. The normalized spacial score (nSPS) is 20.6. The van der Waals surface area contributed by atoms with Crippen molar-refractivity contribution in [1.29, 1.82) is 5.26 Å². The van der Waals surface area contributed by atoms with Crippen molar-refractivity contribution in [3.63, 3.8) is 0 Å². The number of piperidine rings is 1. The van der Waals surface area contributed by atoms with Crippen molar-refractivity contribution < 1.29 is 9.59 Å². The van der Waals surface area contributed by atoms with Crippen LogP contribution >= 0.6 is 0 Å². The van der Waals surface area contributed by atoms with Crippen LogP contribution in [0, 0.1) is 22.7 Å². The number of nitrogens with zero attached hydrogens (tertiary/aromatic N) is 5. The molecular weight excluding hydrogens is 354 g/mol. The second-order valence-corrected chi connectivity index (χ2v) is 8.67. The van der Waals surface area contributed by atoms with Gasteiger partial charge in [-0.3, -0.25) is 9.59 Å². The van der Waals surface area contributed by atoms with Crippen molar-refractivity contribution in [3.05, 3.63) is 23.9 Å². The van der Waals surface area contributed by atoms with Gasteiger partial charge in [0.15, 0.2) is 0 Å². The van der Waals surface area contributed by atoms with Gasteiger partial charge in [0.2, 0.25) is 11.8 Å². The first-order chi connectivity index (χ1) is 13.3. The van der Waals surface area contributed by atoms with Gasteiger partial charge in [-0.1, -0.05) is 20.8 Å². The zero-order chi connectivity index (χ0) is 20.3. The molecule has 7 heteroatoms. The number of rotatable bonds is 2. The highest BCUT2D eigenvalue weighted by atomic mass is 16.2. The molecule has 28 heavy (non-hydrogen) atoms. The number of carbonyl (C=O) groups excluding carboxylic acids is 2. The summed E-state index contributed by atoms with van der Waals surface area (Å²) in [7, 11) is 0. The fraction of sp³-hybridized carbons (Fsp3) is 0.619. The van der Waals surface area contributed by atoms with Crippen LogP contribution in [0.2, 0.25) is 0 Å². The molecule has 0 spiro atoms. The quantitative estimate of drug-likeness (QED) is 0.779. The molecule has 1 atom stereocenters. The number of nitriles is 1. The van der Waals surface area contributed by atoms with Crippen LogP contribution in [0.3, 0.4) is 0 Å². The molecule has 2 saturated heterocycles. The van der Waals surface area contributed by atoms with E-state index in [0.717, 1.165) is 25.2 Å². The van der Waals surface area contributed by atoms with Gasteiger partial charge in [-0.2, -0.15) is 5.26 Å². The largest absolute Gasteiger partial charge is 0.353 e. The fourth-order valence-electron chi connectivity index (χ4n) is 3.91. The van der Waals surface area contributed by atoms with Crippen LogP contribution in [0.25, 0.3) is 0 Å². The second-order valence-electron chi connectivity index (χ2n) is 8.67. The lowest BCUT2D eigenvalue weighted by Gasteiger charge is -2.40. The zero-order valence-electron chi connectivity index (χ0n) is 17.0. The van der Waals surface area contributed by atoms with Crippen LogP contribution in [-0.4, -0.2) is 65.9 Å². The molecule has 2 fully saturated rings. The maximum absolute atomic E-state index is 13.0. The third-order valence-corrected chi connectivity index (χ3v) is 5.49. The summed E-state index contributed by atoms with van der Waals surface area (Å²) in [6.07, 6.45) is 3.37. The molecule has 0 bridgehead atoms. The zero-order valence-corrected chi connectivity index (χ0v) is 17.0. The van der Waals surface area contributed by atoms with E-state index in [1.807, 2.05) is 30.6 Å². The Morgan fingerprint density at radius 3 is 2.50 bits per heavy atom. The summed E-state index contributed by atoms with van der Waals surface area (Å²) >= 11 is 0. The Kier molecular flexibility index (Phi) is 5.87. The molecule has 0 radical (unpaired) electrons. The number of hydrogen-bond donors (Lipinski definition) is 0. The highest BCUT2D eigenvalue weighted by Gasteiger charge is 2.35. The highest BCUT2D eigenvalue weighted by Crippen LogP contribution is 2.25. The Morgan fingerprint density at radius 1 is 1.14 bits per heavy atom. The molecular formula is C21H29N5O2. The molecule has 150 valence electrons. The van der Waals surface area contributed by atoms with Gasteiger partial charge in [0.25, 0.3) is 0 Å². The Morgan fingerprint density at radius 2 is 1.86 bits per heavy atom. The molecule has 3 rings (SSSR count). The van der Waals surface area contributed by atoms with Crippen LogP contribution in [-0.2, 0) is 9.59 Å². The molecule has 1 unspecified atom stereocenters. The average molecular weight is 383 g/mol. The van der Waals surface area contributed by atoms with Gasteiger partial charge in [0.05, 0.1) is 17.6 Å². The predicted octanol–water partition coefficient (Wildman–Crippen LogP) is 1.89. The van der Waals surface area contributed by atoms with Crippen LogP contribution in [0.15, 0.2) is 18.3 Å². The lowest BCUT2D eigenvalue weighted by Crippen LogP contribution is -2.54. The first-order valence-electron chi connectivity index (χ1n) is 9.99. The van der Waals surface area contributed by atoms with Crippen molar-refractivity contribution in [2.24, 2.45) is 11.3 Å². The number of amides is 2. The number of anilines is 1. The third-order valence-electron chi connectivity index (χ3n) is 5.49. The van der Waals surface area contributed by atoms with E-state index in [4.69, 9.17) is 5.26 Å². The van der Waals surface area contributed by atoms with E-state index in [2.05, 4.69) is 16.0 Å². The van der Waals surface area contributed by atoms with Crippen molar-refractivity contribution in [2.45, 2.75) is 33.6 Å². The SMILES string of the molecule is CC(C)(C)C(=O)N1CCCC(C(=O)N2CCN(c3cc(C#N)ccn3)CC2)C1. The summed E-state index contributed by atoms with van der Waals surface area (Å²) < 4.78 is 0. The molecule has 1 aromatic heterocycles. The minimum atomic E-state index is -0.415. The van der Waals surface area contributed by atoms with E-state index < -0.39 is 5.41 Å². The first kappa shape index (κ1) is 20.1.